The smallest absolute Gasteiger partial charge is 0.356 e. The van der Waals surface area contributed by atoms with E-state index in [4.69, 9.17) is 0 Å². The van der Waals surface area contributed by atoms with Crippen LogP contribution in [0.25, 0.3) is 0 Å². The van der Waals surface area contributed by atoms with Gasteiger partial charge < -0.3 is 10.4 Å². The molecule has 6 nitrogen and oxygen atoms in total. The fourth-order valence-corrected chi connectivity index (χ4v) is 4.26. The average Bonchev–Trinajstić information content (AvgIpc) is 3.07. The summed E-state index contributed by atoms with van der Waals surface area (Å²) < 4.78 is 1.84. The van der Waals surface area contributed by atoms with E-state index in [1.807, 2.05) is 18.5 Å². The van der Waals surface area contributed by atoms with Crippen molar-refractivity contribution in [2.24, 2.45) is 0 Å². The molecular weight excluding hydrogens is 324 g/mol. The summed E-state index contributed by atoms with van der Waals surface area (Å²) in [4.78, 5) is 17.3. The maximum atomic E-state index is 11.4. The van der Waals surface area contributed by atoms with Crippen LogP contribution in [0.2, 0.25) is 0 Å². The van der Waals surface area contributed by atoms with Crippen molar-refractivity contribution in [3.05, 3.63) is 32.5 Å². The van der Waals surface area contributed by atoms with Gasteiger partial charge in [0.15, 0.2) is 5.69 Å². The van der Waals surface area contributed by atoms with Crippen LogP contribution >= 0.6 is 11.3 Å². The van der Waals surface area contributed by atoms with E-state index in [1.165, 1.54) is 9.88 Å². The lowest BCUT2D eigenvalue weighted by Crippen LogP contribution is -2.36. The van der Waals surface area contributed by atoms with Crippen LogP contribution < -0.4 is 5.32 Å². The van der Waals surface area contributed by atoms with E-state index < -0.39 is 5.97 Å². The van der Waals surface area contributed by atoms with Crippen LogP contribution in [0.1, 0.15) is 50.7 Å². The third-order valence-electron chi connectivity index (χ3n) is 4.69. The third kappa shape index (κ3) is 3.37. The summed E-state index contributed by atoms with van der Waals surface area (Å²) in [5.41, 5.74) is 3.35. The summed E-state index contributed by atoms with van der Waals surface area (Å²) in [6.07, 6.45) is 3.57. The summed E-state index contributed by atoms with van der Waals surface area (Å²) in [6.45, 7) is 7.74. The quantitative estimate of drug-likeness (QED) is 0.838. The Balaban J connectivity index is 1.62. The Morgan fingerprint density at radius 3 is 2.88 bits per heavy atom. The van der Waals surface area contributed by atoms with Crippen LogP contribution in [-0.4, -0.2) is 38.4 Å². The normalized spacial score (nSPS) is 17.0. The largest absolute Gasteiger partial charge is 0.476 e. The number of aromatic carboxylic acids is 1. The van der Waals surface area contributed by atoms with Crippen molar-refractivity contribution in [1.29, 1.82) is 0 Å². The fraction of sp³-hybridized carbons (Fsp3) is 0.588. The average molecular weight is 348 g/mol. The standard InChI is InChI=1S/C17H24N4O2S/c1-4-21-14-6-5-12(9-13(14)16(20-21)17(22)23)18-8-7-15-19-10(2)11(3)24-15/h12,18H,4-9H2,1-3H3,(H,22,23)/t12-/m1/s1. The van der Waals surface area contributed by atoms with Crippen molar-refractivity contribution in [2.45, 2.75) is 59.0 Å². The van der Waals surface area contributed by atoms with Gasteiger partial charge in [0.1, 0.15) is 0 Å². The SMILES string of the molecule is CCn1nc(C(=O)O)c2c1CC[C@@H](NCCc1nc(C)c(C)s1)C2. The Morgan fingerprint density at radius 1 is 1.46 bits per heavy atom. The van der Waals surface area contributed by atoms with Gasteiger partial charge in [-0.1, -0.05) is 0 Å². The maximum Gasteiger partial charge on any atom is 0.356 e. The second kappa shape index (κ2) is 7.03. The van der Waals surface area contributed by atoms with E-state index in [1.54, 1.807) is 11.3 Å². The Kier molecular flexibility index (Phi) is 5.01. The van der Waals surface area contributed by atoms with E-state index >= 15 is 0 Å². The van der Waals surface area contributed by atoms with Crippen LogP contribution in [0.4, 0.5) is 0 Å². The zero-order valence-electron chi connectivity index (χ0n) is 14.4. The van der Waals surface area contributed by atoms with Gasteiger partial charge in [0.05, 0.1) is 10.7 Å². The molecule has 130 valence electrons. The number of hydrogen-bond donors (Lipinski definition) is 2. The van der Waals surface area contributed by atoms with Crippen LogP contribution in [0, 0.1) is 13.8 Å². The molecule has 1 aliphatic rings. The second-order valence-electron chi connectivity index (χ2n) is 6.29. The van der Waals surface area contributed by atoms with Gasteiger partial charge in [0, 0.05) is 41.7 Å². The molecule has 24 heavy (non-hydrogen) atoms. The van der Waals surface area contributed by atoms with E-state index in [2.05, 4.69) is 22.3 Å². The van der Waals surface area contributed by atoms with E-state index in [0.29, 0.717) is 6.04 Å². The molecule has 0 amide bonds. The number of carboxylic acids is 1. The minimum atomic E-state index is -0.923. The molecule has 0 unspecified atom stereocenters. The molecule has 0 spiro atoms. The first kappa shape index (κ1) is 17.1. The molecule has 2 aromatic heterocycles. The maximum absolute atomic E-state index is 11.4. The number of aromatic nitrogens is 3. The lowest BCUT2D eigenvalue weighted by Gasteiger charge is -2.24. The molecule has 0 saturated heterocycles. The van der Waals surface area contributed by atoms with Crippen molar-refractivity contribution in [1.82, 2.24) is 20.1 Å². The molecule has 0 bridgehead atoms. The van der Waals surface area contributed by atoms with Gasteiger partial charge in [-0.15, -0.1) is 11.3 Å². The molecule has 2 N–H and O–H groups in total. The highest BCUT2D eigenvalue weighted by Gasteiger charge is 2.28. The predicted molar refractivity (Wildman–Crippen MR) is 94.0 cm³/mol. The van der Waals surface area contributed by atoms with E-state index in [0.717, 1.165) is 55.7 Å². The molecule has 0 fully saturated rings. The highest BCUT2D eigenvalue weighted by molar-refractivity contribution is 7.11. The summed E-state index contributed by atoms with van der Waals surface area (Å²) >= 11 is 1.76. The minimum Gasteiger partial charge on any atom is -0.476 e. The molecule has 0 aromatic carbocycles. The molecule has 1 aliphatic carbocycles. The van der Waals surface area contributed by atoms with Crippen LogP contribution in [0.15, 0.2) is 0 Å². The summed E-state index contributed by atoms with van der Waals surface area (Å²) in [7, 11) is 0. The molecule has 1 atom stereocenters. The van der Waals surface area contributed by atoms with Gasteiger partial charge in [-0.3, -0.25) is 4.68 Å². The van der Waals surface area contributed by atoms with E-state index in [-0.39, 0.29) is 5.69 Å². The van der Waals surface area contributed by atoms with Crippen molar-refractivity contribution < 1.29 is 9.90 Å². The first-order valence-corrected chi connectivity index (χ1v) is 9.29. The molecule has 0 aliphatic heterocycles. The first-order chi connectivity index (χ1) is 11.5. The number of nitrogens with one attached hydrogen (secondary N) is 1. The summed E-state index contributed by atoms with van der Waals surface area (Å²) in [5, 5.41) is 18.4. The lowest BCUT2D eigenvalue weighted by molar-refractivity contribution is 0.0688. The third-order valence-corrected chi connectivity index (χ3v) is 5.83. The molecule has 0 radical (unpaired) electrons. The lowest BCUT2D eigenvalue weighted by atomic mass is 9.91. The van der Waals surface area contributed by atoms with Crippen molar-refractivity contribution in [2.75, 3.05) is 6.54 Å². The molecule has 0 saturated carbocycles. The Labute approximate surface area is 145 Å². The second-order valence-corrected chi connectivity index (χ2v) is 7.58. The Morgan fingerprint density at radius 2 is 2.25 bits per heavy atom. The molecule has 2 heterocycles. The van der Waals surface area contributed by atoms with Gasteiger partial charge in [0.25, 0.3) is 0 Å². The van der Waals surface area contributed by atoms with Gasteiger partial charge >= 0.3 is 5.97 Å². The number of hydrogen-bond acceptors (Lipinski definition) is 5. The summed E-state index contributed by atoms with van der Waals surface area (Å²) in [6, 6.07) is 0.312. The number of fused-ring (bicyclic) bond motifs is 1. The van der Waals surface area contributed by atoms with Crippen molar-refractivity contribution >= 4 is 17.3 Å². The number of rotatable bonds is 6. The van der Waals surface area contributed by atoms with Gasteiger partial charge in [-0.25, -0.2) is 9.78 Å². The highest BCUT2D eigenvalue weighted by atomic mass is 32.1. The number of carbonyl (C=O) groups is 1. The van der Waals surface area contributed by atoms with Crippen LogP contribution in [0.3, 0.4) is 0 Å². The summed E-state index contributed by atoms with van der Waals surface area (Å²) in [5.74, 6) is -0.923. The number of thiazole rings is 1. The zero-order chi connectivity index (χ0) is 17.3. The van der Waals surface area contributed by atoms with Crippen molar-refractivity contribution in [3.63, 3.8) is 0 Å². The monoisotopic (exact) mass is 348 g/mol. The highest BCUT2D eigenvalue weighted by Crippen LogP contribution is 2.25. The predicted octanol–water partition coefficient (Wildman–Crippen LogP) is 2.36. The number of aryl methyl sites for hydroxylation is 3. The number of nitrogens with zero attached hydrogens (tertiary/aromatic N) is 3. The van der Waals surface area contributed by atoms with Crippen LogP contribution in [0.5, 0.6) is 0 Å². The van der Waals surface area contributed by atoms with Crippen LogP contribution in [-0.2, 0) is 25.8 Å². The topological polar surface area (TPSA) is 80.0 Å². The van der Waals surface area contributed by atoms with Gasteiger partial charge in [-0.2, -0.15) is 5.10 Å². The Bertz CT molecular complexity index is 731. The van der Waals surface area contributed by atoms with Gasteiger partial charge in [-0.05, 0) is 40.0 Å². The van der Waals surface area contributed by atoms with Gasteiger partial charge in [0.2, 0.25) is 0 Å². The molecule has 7 heteroatoms. The van der Waals surface area contributed by atoms with Crippen molar-refractivity contribution in [3.8, 4) is 0 Å². The molecular formula is C17H24N4O2S. The minimum absolute atomic E-state index is 0.226. The zero-order valence-corrected chi connectivity index (χ0v) is 15.2. The Hall–Kier alpha value is -1.73. The first-order valence-electron chi connectivity index (χ1n) is 8.47. The molecule has 2 aromatic rings. The number of carboxylic acid groups (broad SMARTS) is 1. The fourth-order valence-electron chi connectivity index (χ4n) is 3.32. The molecule has 3 rings (SSSR count). The van der Waals surface area contributed by atoms with E-state index in [9.17, 15) is 9.90 Å².